The molecule has 2 aliphatic rings. The third kappa shape index (κ3) is 3.42. The van der Waals surface area contributed by atoms with E-state index >= 15 is 0 Å². The third-order valence-corrected chi connectivity index (χ3v) is 6.63. The smallest absolute Gasteiger partial charge is 0.213 e. The Morgan fingerprint density at radius 2 is 2.30 bits per heavy atom. The van der Waals surface area contributed by atoms with Crippen molar-refractivity contribution >= 4 is 10.0 Å². The van der Waals surface area contributed by atoms with Crippen LogP contribution in [0.15, 0.2) is 18.2 Å². The van der Waals surface area contributed by atoms with Crippen molar-refractivity contribution in [2.45, 2.75) is 20.5 Å². The normalized spacial score (nSPS) is 28.2. The molecule has 1 aromatic heterocycles. The summed E-state index contributed by atoms with van der Waals surface area (Å²) < 4.78 is 37.4. The molecule has 128 valence electrons. The standard InChI is InChI=1S/C16H24N2O4S/c1-3-23(19,20)18-7-14-8-21-11-16(14,10-18)12-22-9-15-6-4-5-13(2)17-15/h4-6,14H,3,7-12H2,1-2H3/t14-,16+/m1/s1. The first-order valence-electron chi connectivity index (χ1n) is 8.01. The molecule has 0 bridgehead atoms. The van der Waals surface area contributed by atoms with E-state index in [0.29, 0.717) is 39.5 Å². The molecule has 0 spiro atoms. The van der Waals surface area contributed by atoms with E-state index in [0.717, 1.165) is 11.4 Å². The molecule has 0 radical (unpaired) electrons. The Morgan fingerprint density at radius 3 is 3.04 bits per heavy atom. The van der Waals surface area contributed by atoms with Crippen molar-refractivity contribution in [3.63, 3.8) is 0 Å². The number of hydrogen-bond acceptors (Lipinski definition) is 5. The minimum absolute atomic E-state index is 0.144. The summed E-state index contributed by atoms with van der Waals surface area (Å²) in [6.45, 7) is 6.80. The zero-order valence-corrected chi connectivity index (χ0v) is 14.5. The predicted molar refractivity (Wildman–Crippen MR) is 86.4 cm³/mol. The van der Waals surface area contributed by atoms with E-state index in [4.69, 9.17) is 9.47 Å². The summed E-state index contributed by atoms with van der Waals surface area (Å²) in [6.07, 6.45) is 0. The fourth-order valence-electron chi connectivity index (χ4n) is 3.42. The van der Waals surface area contributed by atoms with Gasteiger partial charge in [-0.25, -0.2) is 12.7 Å². The molecule has 2 fully saturated rings. The van der Waals surface area contributed by atoms with Gasteiger partial charge in [0.05, 0.1) is 37.9 Å². The average Bonchev–Trinajstić information content (AvgIpc) is 3.04. The second-order valence-corrected chi connectivity index (χ2v) is 8.79. The first-order valence-corrected chi connectivity index (χ1v) is 9.62. The van der Waals surface area contributed by atoms with Crippen LogP contribution in [0.1, 0.15) is 18.3 Å². The minimum atomic E-state index is -3.15. The van der Waals surface area contributed by atoms with Crippen molar-refractivity contribution in [1.29, 1.82) is 0 Å². The number of pyridine rings is 1. The van der Waals surface area contributed by atoms with Gasteiger partial charge in [0, 0.05) is 30.1 Å². The molecule has 23 heavy (non-hydrogen) atoms. The van der Waals surface area contributed by atoms with Crippen LogP contribution in [0.25, 0.3) is 0 Å². The van der Waals surface area contributed by atoms with Crippen molar-refractivity contribution in [3.05, 3.63) is 29.6 Å². The van der Waals surface area contributed by atoms with Crippen LogP contribution in [0.3, 0.4) is 0 Å². The molecule has 0 aromatic carbocycles. The predicted octanol–water partition coefficient (Wildman–Crippen LogP) is 1.20. The number of fused-ring (bicyclic) bond motifs is 1. The maximum Gasteiger partial charge on any atom is 0.213 e. The Labute approximate surface area is 137 Å². The zero-order chi connectivity index (χ0) is 16.5. The monoisotopic (exact) mass is 340 g/mol. The van der Waals surface area contributed by atoms with E-state index < -0.39 is 10.0 Å². The first kappa shape index (κ1) is 16.8. The highest BCUT2D eigenvalue weighted by Gasteiger charge is 2.53. The van der Waals surface area contributed by atoms with Gasteiger partial charge in [-0.15, -0.1) is 0 Å². The topological polar surface area (TPSA) is 68.7 Å². The highest BCUT2D eigenvalue weighted by atomic mass is 32.2. The van der Waals surface area contributed by atoms with Crippen LogP contribution in [-0.4, -0.2) is 56.4 Å². The summed E-state index contributed by atoms with van der Waals surface area (Å²) in [7, 11) is -3.15. The molecule has 0 unspecified atom stereocenters. The van der Waals surface area contributed by atoms with Gasteiger partial charge in [0.15, 0.2) is 0 Å². The molecule has 3 rings (SSSR count). The molecule has 2 saturated heterocycles. The number of aromatic nitrogens is 1. The highest BCUT2D eigenvalue weighted by Crippen LogP contribution is 2.42. The van der Waals surface area contributed by atoms with Crippen molar-refractivity contribution in [1.82, 2.24) is 9.29 Å². The van der Waals surface area contributed by atoms with E-state index in [-0.39, 0.29) is 17.1 Å². The number of sulfonamides is 1. The molecular formula is C16H24N2O4S. The molecule has 0 saturated carbocycles. The van der Waals surface area contributed by atoms with Crippen LogP contribution < -0.4 is 0 Å². The Balaban J connectivity index is 1.64. The minimum Gasteiger partial charge on any atom is -0.380 e. The van der Waals surface area contributed by atoms with Gasteiger partial charge < -0.3 is 9.47 Å². The second kappa shape index (κ2) is 6.47. The zero-order valence-electron chi connectivity index (χ0n) is 13.7. The van der Waals surface area contributed by atoms with E-state index in [9.17, 15) is 8.42 Å². The summed E-state index contributed by atoms with van der Waals surface area (Å²) in [6, 6.07) is 5.86. The summed E-state index contributed by atoms with van der Waals surface area (Å²) in [5, 5.41) is 0. The lowest BCUT2D eigenvalue weighted by molar-refractivity contribution is 0.0212. The van der Waals surface area contributed by atoms with Crippen LogP contribution in [-0.2, 0) is 26.1 Å². The SMILES string of the molecule is CCS(=O)(=O)N1C[C@@H]2COC[C@]2(COCc2cccc(C)n2)C1. The van der Waals surface area contributed by atoms with Crippen LogP contribution in [0.2, 0.25) is 0 Å². The Kier molecular flexibility index (Phi) is 4.73. The lowest BCUT2D eigenvalue weighted by Crippen LogP contribution is -2.37. The molecule has 0 N–H and O–H groups in total. The summed E-state index contributed by atoms with van der Waals surface area (Å²) in [4.78, 5) is 4.43. The van der Waals surface area contributed by atoms with Crippen molar-refractivity contribution in [2.24, 2.45) is 11.3 Å². The summed E-state index contributed by atoms with van der Waals surface area (Å²) in [5.74, 6) is 0.361. The number of rotatable bonds is 6. The number of nitrogens with zero attached hydrogens (tertiary/aromatic N) is 2. The fraction of sp³-hybridized carbons (Fsp3) is 0.688. The quantitative estimate of drug-likeness (QED) is 0.778. The molecule has 7 heteroatoms. The molecule has 0 aliphatic carbocycles. The lowest BCUT2D eigenvalue weighted by atomic mass is 9.82. The van der Waals surface area contributed by atoms with Gasteiger partial charge in [0.2, 0.25) is 10.0 Å². The van der Waals surface area contributed by atoms with Gasteiger partial charge in [-0.05, 0) is 26.0 Å². The van der Waals surface area contributed by atoms with Crippen LogP contribution >= 0.6 is 0 Å². The highest BCUT2D eigenvalue weighted by molar-refractivity contribution is 7.89. The van der Waals surface area contributed by atoms with Gasteiger partial charge in [0.1, 0.15) is 0 Å². The Morgan fingerprint density at radius 1 is 1.48 bits per heavy atom. The molecule has 6 nitrogen and oxygen atoms in total. The maximum atomic E-state index is 12.1. The molecular weight excluding hydrogens is 316 g/mol. The van der Waals surface area contributed by atoms with Gasteiger partial charge >= 0.3 is 0 Å². The number of hydrogen-bond donors (Lipinski definition) is 0. The summed E-state index contributed by atoms with van der Waals surface area (Å²) in [5.41, 5.74) is 1.65. The third-order valence-electron chi connectivity index (χ3n) is 4.83. The van der Waals surface area contributed by atoms with E-state index in [1.807, 2.05) is 25.1 Å². The Hall–Kier alpha value is -1.02. The van der Waals surface area contributed by atoms with Crippen molar-refractivity contribution in [3.8, 4) is 0 Å². The molecule has 3 heterocycles. The fourth-order valence-corrected chi connectivity index (χ4v) is 4.65. The Bertz CT molecular complexity index is 664. The molecule has 0 amide bonds. The van der Waals surface area contributed by atoms with Crippen LogP contribution in [0.5, 0.6) is 0 Å². The number of aryl methyl sites for hydroxylation is 1. The van der Waals surface area contributed by atoms with Gasteiger partial charge in [-0.2, -0.15) is 0 Å². The van der Waals surface area contributed by atoms with Crippen LogP contribution in [0, 0.1) is 18.3 Å². The second-order valence-electron chi connectivity index (χ2n) is 6.53. The number of ether oxygens (including phenoxy) is 2. The summed E-state index contributed by atoms with van der Waals surface area (Å²) >= 11 is 0. The largest absolute Gasteiger partial charge is 0.380 e. The van der Waals surface area contributed by atoms with Gasteiger partial charge in [0.25, 0.3) is 0 Å². The average molecular weight is 340 g/mol. The van der Waals surface area contributed by atoms with Crippen molar-refractivity contribution < 1.29 is 17.9 Å². The van der Waals surface area contributed by atoms with Gasteiger partial charge in [-0.1, -0.05) is 6.07 Å². The van der Waals surface area contributed by atoms with Crippen LogP contribution in [0.4, 0.5) is 0 Å². The van der Waals surface area contributed by atoms with E-state index in [1.54, 1.807) is 11.2 Å². The van der Waals surface area contributed by atoms with Crippen molar-refractivity contribution in [2.75, 3.05) is 38.7 Å². The molecule has 1 aromatic rings. The van der Waals surface area contributed by atoms with E-state index in [2.05, 4.69) is 4.98 Å². The lowest BCUT2D eigenvalue weighted by Gasteiger charge is -2.26. The van der Waals surface area contributed by atoms with Gasteiger partial charge in [-0.3, -0.25) is 4.98 Å². The molecule has 2 aliphatic heterocycles. The molecule has 2 atom stereocenters. The van der Waals surface area contributed by atoms with E-state index in [1.165, 1.54) is 0 Å². The maximum absolute atomic E-state index is 12.1. The first-order chi connectivity index (χ1) is 11.0.